The van der Waals surface area contributed by atoms with Crippen LogP contribution in [0.2, 0.25) is 0 Å². The largest absolute Gasteiger partial charge is 0.507 e. The Hall–Kier alpha value is -2.93. The van der Waals surface area contributed by atoms with E-state index in [1.807, 2.05) is 0 Å². The average molecular weight is 315 g/mol. The Balaban J connectivity index is 2.30. The van der Waals surface area contributed by atoms with Crippen molar-refractivity contribution >= 4 is 29.5 Å². The summed E-state index contributed by atoms with van der Waals surface area (Å²) in [6.07, 6.45) is 1.39. The normalized spacial score (nSPS) is 10.5. The van der Waals surface area contributed by atoms with Crippen molar-refractivity contribution in [1.82, 2.24) is 5.43 Å². The molecule has 0 spiro atoms. The van der Waals surface area contributed by atoms with Gasteiger partial charge in [-0.3, -0.25) is 5.43 Å². The van der Waals surface area contributed by atoms with Crippen molar-refractivity contribution in [3.05, 3.63) is 53.6 Å². The Morgan fingerprint density at radius 1 is 1.18 bits per heavy atom. The van der Waals surface area contributed by atoms with Crippen LogP contribution in [0.3, 0.4) is 0 Å². The van der Waals surface area contributed by atoms with Crippen molar-refractivity contribution < 1.29 is 15.0 Å². The molecule has 0 amide bonds. The fourth-order valence-corrected chi connectivity index (χ4v) is 1.86. The molecular weight excluding hydrogens is 302 g/mol. The summed E-state index contributed by atoms with van der Waals surface area (Å²) in [5.41, 5.74) is 9.97. The van der Waals surface area contributed by atoms with Crippen molar-refractivity contribution in [3.63, 3.8) is 0 Å². The van der Waals surface area contributed by atoms with E-state index >= 15 is 0 Å². The minimum atomic E-state index is -0.978. The van der Waals surface area contributed by atoms with Crippen LogP contribution < -0.4 is 11.2 Å². The third kappa shape index (κ3) is 3.80. The number of nitrogens with zero attached hydrogens (tertiary/aromatic N) is 1. The molecule has 0 atom stereocenters. The fraction of sp³-hybridized carbons (Fsp3) is 0. The molecule has 0 heterocycles. The first-order chi connectivity index (χ1) is 10.5. The van der Waals surface area contributed by atoms with Crippen LogP contribution in [0.5, 0.6) is 5.75 Å². The third-order valence-corrected chi connectivity index (χ3v) is 2.96. The highest BCUT2D eigenvalue weighted by Gasteiger charge is 2.05. The van der Waals surface area contributed by atoms with Crippen LogP contribution >= 0.6 is 12.2 Å². The van der Waals surface area contributed by atoms with Crippen LogP contribution in [0.1, 0.15) is 15.9 Å². The molecule has 22 heavy (non-hydrogen) atoms. The van der Waals surface area contributed by atoms with Gasteiger partial charge in [-0.15, -0.1) is 0 Å². The molecule has 2 aromatic rings. The van der Waals surface area contributed by atoms with Crippen molar-refractivity contribution in [2.24, 2.45) is 10.8 Å². The molecule has 7 heteroatoms. The van der Waals surface area contributed by atoms with Gasteiger partial charge in [-0.05, 0) is 47.6 Å². The van der Waals surface area contributed by atoms with Crippen LogP contribution in [-0.4, -0.2) is 27.5 Å². The number of thiocarbonyl (C=S) groups is 1. The monoisotopic (exact) mass is 315 g/mol. The first-order valence-corrected chi connectivity index (χ1v) is 6.63. The number of hydrazone groups is 1. The van der Waals surface area contributed by atoms with Gasteiger partial charge >= 0.3 is 5.97 Å². The van der Waals surface area contributed by atoms with E-state index in [4.69, 9.17) is 10.8 Å². The number of phenolic OH excluding ortho intramolecular Hbond substituents is 1. The van der Waals surface area contributed by atoms with Crippen molar-refractivity contribution in [3.8, 4) is 16.9 Å². The van der Waals surface area contributed by atoms with Crippen molar-refractivity contribution in [2.45, 2.75) is 0 Å². The van der Waals surface area contributed by atoms with Crippen LogP contribution in [0, 0.1) is 0 Å². The van der Waals surface area contributed by atoms with Crippen LogP contribution in [0.25, 0.3) is 11.1 Å². The number of phenols is 1. The van der Waals surface area contributed by atoms with Crippen LogP contribution in [0.15, 0.2) is 47.6 Å². The zero-order valence-corrected chi connectivity index (χ0v) is 12.2. The number of carboxylic acids is 1. The molecule has 0 radical (unpaired) electrons. The quantitative estimate of drug-likeness (QED) is 0.390. The maximum atomic E-state index is 10.8. The van der Waals surface area contributed by atoms with Gasteiger partial charge in [0.15, 0.2) is 5.11 Å². The molecule has 0 bridgehead atoms. The van der Waals surface area contributed by atoms with Gasteiger partial charge in [0.2, 0.25) is 0 Å². The lowest BCUT2D eigenvalue weighted by Crippen LogP contribution is -2.23. The maximum absolute atomic E-state index is 10.8. The smallest absolute Gasteiger partial charge is 0.335 e. The van der Waals surface area contributed by atoms with E-state index in [9.17, 15) is 9.90 Å². The lowest BCUT2D eigenvalue weighted by Gasteiger charge is -2.05. The number of nitrogens with one attached hydrogen (secondary N) is 1. The number of carboxylic acid groups (broad SMARTS) is 1. The molecule has 2 rings (SSSR count). The lowest BCUT2D eigenvalue weighted by atomic mass is 10.0. The second-order valence-corrected chi connectivity index (χ2v) is 4.83. The maximum Gasteiger partial charge on any atom is 0.335 e. The van der Waals surface area contributed by atoms with E-state index in [-0.39, 0.29) is 16.4 Å². The summed E-state index contributed by atoms with van der Waals surface area (Å²) in [4.78, 5) is 10.8. The number of rotatable bonds is 4. The predicted octanol–water partition coefficient (Wildman–Crippen LogP) is 1.92. The summed E-state index contributed by atoms with van der Waals surface area (Å²) in [7, 11) is 0. The van der Waals surface area contributed by atoms with Crippen molar-refractivity contribution in [2.75, 3.05) is 0 Å². The van der Waals surface area contributed by atoms with Gasteiger partial charge in [0.1, 0.15) is 5.75 Å². The van der Waals surface area contributed by atoms with Gasteiger partial charge in [-0.1, -0.05) is 18.2 Å². The topological polar surface area (TPSA) is 108 Å². The highest BCUT2D eigenvalue weighted by molar-refractivity contribution is 7.80. The number of hydrogen-bond donors (Lipinski definition) is 4. The second-order valence-electron chi connectivity index (χ2n) is 4.39. The Morgan fingerprint density at radius 2 is 1.82 bits per heavy atom. The molecule has 0 aliphatic rings. The molecule has 2 aromatic carbocycles. The van der Waals surface area contributed by atoms with Gasteiger partial charge in [-0.2, -0.15) is 5.10 Å². The zero-order valence-electron chi connectivity index (χ0n) is 11.4. The molecule has 0 aliphatic carbocycles. The zero-order chi connectivity index (χ0) is 16.1. The fourth-order valence-electron chi connectivity index (χ4n) is 1.81. The standard InChI is InChI=1S/C15H13N3O3S/c16-15(22)18-17-8-12-7-11(5-6-13(12)19)9-1-3-10(4-2-9)14(20)21/h1-8,19H,(H,20,21)(H3,16,18,22)/b17-8+. The SMILES string of the molecule is NC(=S)N/N=C/c1cc(-c2ccc(C(=O)O)cc2)ccc1O. The summed E-state index contributed by atoms with van der Waals surface area (Å²) in [5.74, 6) is -0.923. The van der Waals surface area contributed by atoms with Crippen LogP contribution in [-0.2, 0) is 0 Å². The number of nitrogens with two attached hydrogens (primary N) is 1. The summed E-state index contributed by atoms with van der Waals surface area (Å²) in [6, 6.07) is 11.4. The van der Waals surface area contributed by atoms with Gasteiger partial charge in [0.05, 0.1) is 11.8 Å². The Bertz CT molecular complexity index is 742. The number of aromatic carboxylic acids is 1. The Morgan fingerprint density at radius 3 is 2.41 bits per heavy atom. The summed E-state index contributed by atoms with van der Waals surface area (Å²) in [5, 5.41) is 22.5. The second kappa shape index (κ2) is 6.68. The first kappa shape index (κ1) is 15.5. The minimum Gasteiger partial charge on any atom is -0.507 e. The van der Waals surface area contributed by atoms with Gasteiger partial charge in [0, 0.05) is 5.56 Å². The third-order valence-electron chi connectivity index (χ3n) is 2.87. The number of hydrogen-bond acceptors (Lipinski definition) is 4. The van der Waals surface area contributed by atoms with Gasteiger partial charge < -0.3 is 15.9 Å². The van der Waals surface area contributed by atoms with Gasteiger partial charge in [-0.25, -0.2) is 4.79 Å². The molecule has 0 fully saturated rings. The number of benzene rings is 2. The molecule has 6 nitrogen and oxygen atoms in total. The van der Waals surface area contributed by atoms with Crippen molar-refractivity contribution in [1.29, 1.82) is 0 Å². The molecule has 0 saturated heterocycles. The summed E-state index contributed by atoms with van der Waals surface area (Å²) >= 11 is 4.62. The highest BCUT2D eigenvalue weighted by atomic mass is 32.1. The predicted molar refractivity (Wildman–Crippen MR) is 88.0 cm³/mol. The molecule has 0 aliphatic heterocycles. The molecule has 0 saturated carbocycles. The van der Waals surface area contributed by atoms with E-state index < -0.39 is 5.97 Å². The first-order valence-electron chi connectivity index (χ1n) is 6.22. The Labute approximate surface area is 131 Å². The molecular formula is C15H13N3O3S. The van der Waals surface area contributed by atoms with E-state index in [1.54, 1.807) is 24.3 Å². The molecule has 112 valence electrons. The van der Waals surface area contributed by atoms with Gasteiger partial charge in [0.25, 0.3) is 0 Å². The number of carbonyl (C=O) groups is 1. The van der Waals surface area contributed by atoms with E-state index in [0.717, 1.165) is 11.1 Å². The minimum absolute atomic E-state index is 0.0242. The van der Waals surface area contributed by atoms with E-state index in [1.165, 1.54) is 24.4 Å². The molecule has 0 aromatic heterocycles. The molecule has 0 unspecified atom stereocenters. The van der Waals surface area contributed by atoms with Crippen LogP contribution in [0.4, 0.5) is 0 Å². The van der Waals surface area contributed by atoms with E-state index in [0.29, 0.717) is 5.56 Å². The highest BCUT2D eigenvalue weighted by Crippen LogP contribution is 2.25. The Kier molecular flexibility index (Phi) is 4.70. The summed E-state index contributed by atoms with van der Waals surface area (Å²) in [6.45, 7) is 0. The molecule has 5 N–H and O–H groups in total. The lowest BCUT2D eigenvalue weighted by molar-refractivity contribution is 0.0697. The average Bonchev–Trinajstić information content (AvgIpc) is 2.49. The van der Waals surface area contributed by atoms with E-state index in [2.05, 4.69) is 22.7 Å². The number of aromatic hydroxyl groups is 1. The summed E-state index contributed by atoms with van der Waals surface area (Å²) < 4.78 is 0.